The standard InChI is InChI=1S/C12H26N2S/c1-4-13-10-11(2)12(3)14-6-5-8-15-9-7-14/h11-13H,4-10H2,1-3H3. The molecular weight excluding hydrogens is 204 g/mol. The number of nitrogens with one attached hydrogen (secondary N) is 1. The van der Waals surface area contributed by atoms with E-state index in [-0.39, 0.29) is 0 Å². The zero-order valence-electron chi connectivity index (χ0n) is 10.5. The summed E-state index contributed by atoms with van der Waals surface area (Å²) in [5.41, 5.74) is 0. The largest absolute Gasteiger partial charge is 0.317 e. The van der Waals surface area contributed by atoms with Gasteiger partial charge in [-0.1, -0.05) is 13.8 Å². The molecule has 1 aliphatic heterocycles. The molecule has 1 saturated heterocycles. The predicted molar refractivity (Wildman–Crippen MR) is 70.7 cm³/mol. The van der Waals surface area contributed by atoms with E-state index in [0.29, 0.717) is 0 Å². The zero-order chi connectivity index (χ0) is 11.1. The second-order valence-electron chi connectivity index (χ2n) is 4.53. The summed E-state index contributed by atoms with van der Waals surface area (Å²) in [7, 11) is 0. The minimum atomic E-state index is 0.725. The summed E-state index contributed by atoms with van der Waals surface area (Å²) in [6, 6.07) is 0.725. The van der Waals surface area contributed by atoms with Crippen molar-refractivity contribution in [2.45, 2.75) is 33.2 Å². The maximum atomic E-state index is 3.45. The molecule has 15 heavy (non-hydrogen) atoms. The molecule has 0 radical (unpaired) electrons. The molecule has 0 spiro atoms. The molecule has 0 aromatic rings. The normalized spacial score (nSPS) is 23.4. The molecule has 1 N–H and O–H groups in total. The van der Waals surface area contributed by atoms with E-state index in [0.717, 1.165) is 25.0 Å². The number of nitrogens with zero attached hydrogens (tertiary/aromatic N) is 1. The Kier molecular flexibility index (Phi) is 6.69. The van der Waals surface area contributed by atoms with E-state index in [9.17, 15) is 0 Å². The number of hydrogen-bond donors (Lipinski definition) is 1. The molecule has 0 bridgehead atoms. The fourth-order valence-corrected chi connectivity index (χ4v) is 2.98. The Labute approximate surface area is 99.2 Å². The SMILES string of the molecule is CCNCC(C)C(C)N1CCCSCC1. The van der Waals surface area contributed by atoms with Crippen LogP contribution < -0.4 is 5.32 Å². The summed E-state index contributed by atoms with van der Waals surface area (Å²) in [5.74, 6) is 3.43. The molecule has 0 aliphatic carbocycles. The fraction of sp³-hybridized carbons (Fsp3) is 1.00. The Morgan fingerprint density at radius 2 is 2.07 bits per heavy atom. The molecule has 1 rings (SSSR count). The van der Waals surface area contributed by atoms with Gasteiger partial charge in [-0.05, 0) is 44.6 Å². The van der Waals surface area contributed by atoms with Crippen LogP contribution in [0.4, 0.5) is 0 Å². The number of rotatable bonds is 5. The highest BCUT2D eigenvalue weighted by Gasteiger charge is 2.20. The third-order valence-corrected chi connectivity index (χ3v) is 4.42. The third kappa shape index (κ3) is 4.75. The van der Waals surface area contributed by atoms with Crippen molar-refractivity contribution in [1.29, 1.82) is 0 Å². The summed E-state index contributed by atoms with van der Waals surface area (Å²) in [4.78, 5) is 2.67. The lowest BCUT2D eigenvalue weighted by molar-refractivity contribution is 0.172. The van der Waals surface area contributed by atoms with E-state index in [1.165, 1.54) is 31.0 Å². The van der Waals surface area contributed by atoms with E-state index in [1.54, 1.807) is 0 Å². The fourth-order valence-electron chi connectivity index (χ4n) is 2.08. The van der Waals surface area contributed by atoms with Gasteiger partial charge in [0.1, 0.15) is 0 Å². The van der Waals surface area contributed by atoms with Crippen LogP contribution in [0.25, 0.3) is 0 Å². The Balaban J connectivity index is 2.32. The average molecular weight is 230 g/mol. The Morgan fingerprint density at radius 1 is 1.27 bits per heavy atom. The molecule has 0 saturated carbocycles. The lowest BCUT2D eigenvalue weighted by Gasteiger charge is -2.32. The Morgan fingerprint density at radius 3 is 2.80 bits per heavy atom. The van der Waals surface area contributed by atoms with Gasteiger partial charge in [-0.15, -0.1) is 0 Å². The summed E-state index contributed by atoms with van der Waals surface area (Å²) < 4.78 is 0. The quantitative estimate of drug-likeness (QED) is 0.778. The van der Waals surface area contributed by atoms with Gasteiger partial charge in [-0.2, -0.15) is 11.8 Å². The highest BCUT2D eigenvalue weighted by atomic mass is 32.2. The molecule has 3 heteroatoms. The highest BCUT2D eigenvalue weighted by molar-refractivity contribution is 7.99. The van der Waals surface area contributed by atoms with Gasteiger partial charge in [0.2, 0.25) is 0 Å². The Hall–Kier alpha value is 0.270. The first-order chi connectivity index (χ1) is 7.25. The summed E-state index contributed by atoms with van der Waals surface area (Å²) in [6.45, 7) is 11.8. The van der Waals surface area contributed by atoms with E-state index in [4.69, 9.17) is 0 Å². The van der Waals surface area contributed by atoms with Crippen molar-refractivity contribution in [3.05, 3.63) is 0 Å². The highest BCUT2D eigenvalue weighted by Crippen LogP contribution is 2.16. The molecule has 1 aliphatic rings. The predicted octanol–water partition coefficient (Wildman–Crippen LogP) is 2.06. The molecule has 2 atom stereocenters. The van der Waals surface area contributed by atoms with Crippen LogP contribution in [0, 0.1) is 5.92 Å². The second-order valence-corrected chi connectivity index (χ2v) is 5.75. The van der Waals surface area contributed by atoms with Gasteiger partial charge in [0, 0.05) is 18.3 Å². The van der Waals surface area contributed by atoms with Crippen molar-refractivity contribution >= 4 is 11.8 Å². The number of thioether (sulfide) groups is 1. The molecule has 1 fully saturated rings. The molecule has 90 valence electrons. The molecule has 1 heterocycles. The van der Waals surface area contributed by atoms with E-state index in [2.05, 4.69) is 42.7 Å². The van der Waals surface area contributed by atoms with Gasteiger partial charge in [0.25, 0.3) is 0 Å². The molecule has 0 aromatic carbocycles. The van der Waals surface area contributed by atoms with Crippen LogP contribution in [0.1, 0.15) is 27.2 Å². The van der Waals surface area contributed by atoms with E-state index < -0.39 is 0 Å². The van der Waals surface area contributed by atoms with Crippen LogP contribution >= 0.6 is 11.8 Å². The van der Waals surface area contributed by atoms with E-state index >= 15 is 0 Å². The third-order valence-electron chi connectivity index (χ3n) is 3.37. The van der Waals surface area contributed by atoms with Gasteiger partial charge in [-0.3, -0.25) is 4.90 Å². The van der Waals surface area contributed by atoms with Crippen molar-refractivity contribution in [2.24, 2.45) is 5.92 Å². The first kappa shape index (κ1) is 13.3. The van der Waals surface area contributed by atoms with Crippen LogP contribution in [0.2, 0.25) is 0 Å². The van der Waals surface area contributed by atoms with Gasteiger partial charge in [0.15, 0.2) is 0 Å². The van der Waals surface area contributed by atoms with Gasteiger partial charge in [0.05, 0.1) is 0 Å². The topological polar surface area (TPSA) is 15.3 Å². The van der Waals surface area contributed by atoms with Crippen molar-refractivity contribution < 1.29 is 0 Å². The molecule has 2 nitrogen and oxygen atoms in total. The maximum Gasteiger partial charge on any atom is 0.0105 e. The molecular formula is C12H26N2S. The van der Waals surface area contributed by atoms with Crippen LogP contribution in [-0.2, 0) is 0 Å². The van der Waals surface area contributed by atoms with Crippen molar-refractivity contribution in [3.63, 3.8) is 0 Å². The first-order valence-electron chi connectivity index (χ1n) is 6.28. The minimum Gasteiger partial charge on any atom is -0.317 e. The van der Waals surface area contributed by atoms with Crippen LogP contribution in [0.5, 0.6) is 0 Å². The first-order valence-corrected chi connectivity index (χ1v) is 7.43. The average Bonchev–Trinajstić information content (AvgIpc) is 2.53. The smallest absolute Gasteiger partial charge is 0.0105 e. The molecule has 2 unspecified atom stereocenters. The molecule has 0 aromatic heterocycles. The monoisotopic (exact) mass is 230 g/mol. The van der Waals surface area contributed by atoms with Crippen molar-refractivity contribution in [2.75, 3.05) is 37.7 Å². The Bertz CT molecular complexity index is 156. The lowest BCUT2D eigenvalue weighted by Crippen LogP contribution is -2.42. The van der Waals surface area contributed by atoms with Crippen molar-refractivity contribution in [1.82, 2.24) is 10.2 Å². The number of hydrogen-bond acceptors (Lipinski definition) is 3. The minimum absolute atomic E-state index is 0.725. The van der Waals surface area contributed by atoms with Gasteiger partial charge >= 0.3 is 0 Å². The molecule has 0 amide bonds. The second kappa shape index (κ2) is 7.53. The zero-order valence-corrected chi connectivity index (χ0v) is 11.3. The van der Waals surface area contributed by atoms with Crippen molar-refractivity contribution in [3.8, 4) is 0 Å². The summed E-state index contributed by atoms with van der Waals surface area (Å²) in [5, 5.41) is 3.45. The van der Waals surface area contributed by atoms with Gasteiger partial charge in [-0.25, -0.2) is 0 Å². The lowest BCUT2D eigenvalue weighted by atomic mass is 10.0. The van der Waals surface area contributed by atoms with E-state index in [1.807, 2.05) is 0 Å². The van der Waals surface area contributed by atoms with Crippen LogP contribution in [0.3, 0.4) is 0 Å². The summed E-state index contributed by atoms with van der Waals surface area (Å²) >= 11 is 2.11. The van der Waals surface area contributed by atoms with Crippen LogP contribution in [0.15, 0.2) is 0 Å². The van der Waals surface area contributed by atoms with Gasteiger partial charge < -0.3 is 5.32 Å². The summed E-state index contributed by atoms with van der Waals surface area (Å²) in [6.07, 6.45) is 1.36. The maximum absolute atomic E-state index is 3.45. The van der Waals surface area contributed by atoms with Crippen LogP contribution in [-0.4, -0.2) is 48.6 Å².